The van der Waals surface area contributed by atoms with Gasteiger partial charge in [-0.25, -0.2) is 0 Å². The largest absolute Gasteiger partial charge is 0.330 e. The number of nitrogens with two attached hydrogens (primary N) is 1. The normalized spacial score (nSPS) is 14.2. The summed E-state index contributed by atoms with van der Waals surface area (Å²) in [7, 11) is 0. The first-order chi connectivity index (χ1) is 10.0. The van der Waals surface area contributed by atoms with Crippen LogP contribution in [0.2, 0.25) is 0 Å². The van der Waals surface area contributed by atoms with Crippen LogP contribution in [-0.2, 0) is 0 Å². The van der Waals surface area contributed by atoms with Crippen molar-refractivity contribution in [2.45, 2.75) is 79.1 Å². The minimum atomic E-state index is 0.636. The van der Waals surface area contributed by atoms with E-state index in [-0.39, 0.29) is 0 Å². The lowest BCUT2D eigenvalue weighted by molar-refractivity contribution is 0.367. The summed E-state index contributed by atoms with van der Waals surface area (Å²) in [6, 6.07) is 4.68. The second kappa shape index (κ2) is 9.25. The van der Waals surface area contributed by atoms with Gasteiger partial charge in [-0.05, 0) is 68.7 Å². The van der Waals surface area contributed by atoms with Crippen LogP contribution in [0, 0.1) is 26.7 Å². The average Bonchev–Trinajstić information content (AvgIpc) is 2.42. The third-order valence-corrected chi connectivity index (χ3v) is 4.76. The first kappa shape index (κ1) is 18.2. The molecule has 2 unspecified atom stereocenters. The summed E-state index contributed by atoms with van der Waals surface area (Å²) in [6.45, 7) is 12.1. The summed E-state index contributed by atoms with van der Waals surface area (Å²) in [4.78, 5) is 0. The molecule has 0 radical (unpaired) electrons. The smallest absolute Gasteiger partial charge is 0.00430 e. The third-order valence-electron chi connectivity index (χ3n) is 4.76. The molecule has 0 heterocycles. The molecule has 0 amide bonds. The molecule has 0 spiro atoms. The molecule has 0 saturated heterocycles. The molecule has 0 aliphatic carbocycles. The van der Waals surface area contributed by atoms with E-state index in [4.69, 9.17) is 5.73 Å². The molecular formula is C20H35N. The fraction of sp³-hybridized carbons (Fsp3) is 0.700. The van der Waals surface area contributed by atoms with E-state index in [9.17, 15) is 0 Å². The van der Waals surface area contributed by atoms with Crippen LogP contribution in [0.5, 0.6) is 0 Å². The Labute approximate surface area is 132 Å². The Hall–Kier alpha value is -0.820. The topological polar surface area (TPSA) is 26.0 Å². The maximum atomic E-state index is 6.15. The monoisotopic (exact) mass is 289 g/mol. The number of aryl methyl sites for hydroxylation is 3. The lowest BCUT2D eigenvalue weighted by Gasteiger charge is -2.29. The minimum Gasteiger partial charge on any atom is -0.330 e. The van der Waals surface area contributed by atoms with E-state index in [1.54, 1.807) is 5.56 Å². The molecule has 0 aromatic heterocycles. The molecule has 0 fully saturated rings. The number of rotatable bonds is 9. The molecule has 1 aromatic rings. The van der Waals surface area contributed by atoms with E-state index in [2.05, 4.69) is 46.8 Å². The van der Waals surface area contributed by atoms with Gasteiger partial charge >= 0.3 is 0 Å². The van der Waals surface area contributed by atoms with Crippen LogP contribution >= 0.6 is 0 Å². The van der Waals surface area contributed by atoms with Gasteiger partial charge in [0, 0.05) is 0 Å². The van der Waals surface area contributed by atoms with Gasteiger partial charge in [0.2, 0.25) is 0 Å². The Morgan fingerprint density at radius 1 is 0.905 bits per heavy atom. The first-order valence-corrected chi connectivity index (χ1v) is 8.82. The first-order valence-electron chi connectivity index (χ1n) is 8.82. The van der Waals surface area contributed by atoms with E-state index in [1.165, 1.54) is 55.2 Å². The molecule has 21 heavy (non-hydrogen) atoms. The van der Waals surface area contributed by atoms with Crippen molar-refractivity contribution in [3.8, 4) is 0 Å². The summed E-state index contributed by atoms with van der Waals surface area (Å²) in [5, 5.41) is 0. The zero-order valence-corrected chi connectivity index (χ0v) is 14.8. The zero-order valence-electron chi connectivity index (χ0n) is 14.8. The molecule has 1 rings (SSSR count). The SMILES string of the molecule is CCCCCC(CN)C(CCC)c1c(C)cc(C)cc1C. The molecule has 0 aliphatic heterocycles. The maximum Gasteiger partial charge on any atom is -0.00430 e. The highest BCUT2D eigenvalue weighted by Gasteiger charge is 2.24. The van der Waals surface area contributed by atoms with Gasteiger partial charge in [-0.2, -0.15) is 0 Å². The Bertz CT molecular complexity index is 399. The van der Waals surface area contributed by atoms with Gasteiger partial charge in [-0.15, -0.1) is 0 Å². The van der Waals surface area contributed by atoms with E-state index in [0.29, 0.717) is 11.8 Å². The van der Waals surface area contributed by atoms with Crippen LogP contribution in [0.25, 0.3) is 0 Å². The number of hydrogen-bond acceptors (Lipinski definition) is 1. The maximum absolute atomic E-state index is 6.15. The van der Waals surface area contributed by atoms with E-state index >= 15 is 0 Å². The highest BCUT2D eigenvalue weighted by Crippen LogP contribution is 2.36. The Morgan fingerprint density at radius 2 is 1.52 bits per heavy atom. The van der Waals surface area contributed by atoms with Gasteiger partial charge in [0.1, 0.15) is 0 Å². The van der Waals surface area contributed by atoms with Crippen molar-refractivity contribution in [1.29, 1.82) is 0 Å². The molecule has 2 atom stereocenters. The average molecular weight is 290 g/mol. The van der Waals surface area contributed by atoms with E-state index in [0.717, 1.165) is 6.54 Å². The Balaban J connectivity index is 3.04. The molecule has 1 nitrogen and oxygen atoms in total. The second-order valence-corrected chi connectivity index (χ2v) is 6.70. The van der Waals surface area contributed by atoms with Crippen molar-refractivity contribution in [3.63, 3.8) is 0 Å². The van der Waals surface area contributed by atoms with Crippen LogP contribution < -0.4 is 5.73 Å². The molecule has 1 aromatic carbocycles. The summed E-state index contributed by atoms with van der Waals surface area (Å²) in [5.74, 6) is 1.27. The van der Waals surface area contributed by atoms with Crippen LogP contribution in [0.15, 0.2) is 12.1 Å². The minimum absolute atomic E-state index is 0.636. The molecule has 1 heteroatoms. The fourth-order valence-corrected chi connectivity index (χ4v) is 3.84. The van der Waals surface area contributed by atoms with Gasteiger partial charge in [0.15, 0.2) is 0 Å². The quantitative estimate of drug-likeness (QED) is 0.584. The summed E-state index contributed by atoms with van der Waals surface area (Å²) in [6.07, 6.45) is 7.73. The number of unbranched alkanes of at least 4 members (excludes halogenated alkanes) is 2. The molecule has 2 N–H and O–H groups in total. The predicted molar refractivity (Wildman–Crippen MR) is 95.0 cm³/mol. The van der Waals surface area contributed by atoms with Crippen LogP contribution in [0.3, 0.4) is 0 Å². The van der Waals surface area contributed by atoms with Gasteiger partial charge in [0.05, 0.1) is 0 Å². The third kappa shape index (κ3) is 5.14. The highest BCUT2D eigenvalue weighted by molar-refractivity contribution is 5.40. The Kier molecular flexibility index (Phi) is 8.03. The van der Waals surface area contributed by atoms with Gasteiger partial charge in [0.25, 0.3) is 0 Å². The van der Waals surface area contributed by atoms with E-state index < -0.39 is 0 Å². The summed E-state index contributed by atoms with van der Waals surface area (Å²) in [5.41, 5.74) is 12.0. The van der Waals surface area contributed by atoms with Crippen molar-refractivity contribution in [1.82, 2.24) is 0 Å². The second-order valence-electron chi connectivity index (χ2n) is 6.70. The molecular weight excluding hydrogens is 254 g/mol. The summed E-state index contributed by atoms with van der Waals surface area (Å²) >= 11 is 0. The van der Waals surface area contributed by atoms with Crippen molar-refractivity contribution >= 4 is 0 Å². The fourth-order valence-electron chi connectivity index (χ4n) is 3.84. The molecule has 0 aliphatic rings. The van der Waals surface area contributed by atoms with Gasteiger partial charge in [-0.3, -0.25) is 0 Å². The van der Waals surface area contributed by atoms with Crippen LogP contribution in [-0.4, -0.2) is 6.54 Å². The standard InChI is InChI=1S/C20H35N/c1-6-8-9-11-18(14-21)19(10-7-2)20-16(4)12-15(3)13-17(20)5/h12-13,18-19H,6-11,14,21H2,1-5H3. The molecule has 0 saturated carbocycles. The number of benzene rings is 1. The van der Waals surface area contributed by atoms with Gasteiger partial charge < -0.3 is 5.73 Å². The van der Waals surface area contributed by atoms with Crippen molar-refractivity contribution < 1.29 is 0 Å². The summed E-state index contributed by atoms with van der Waals surface area (Å²) < 4.78 is 0. The molecule has 0 bridgehead atoms. The van der Waals surface area contributed by atoms with Crippen LogP contribution in [0.1, 0.15) is 80.5 Å². The zero-order chi connectivity index (χ0) is 15.8. The highest BCUT2D eigenvalue weighted by atomic mass is 14.6. The predicted octanol–water partition coefficient (Wildman–Crippen LogP) is 5.65. The van der Waals surface area contributed by atoms with Crippen molar-refractivity contribution in [2.24, 2.45) is 11.7 Å². The van der Waals surface area contributed by atoms with E-state index in [1.807, 2.05) is 0 Å². The molecule has 120 valence electrons. The van der Waals surface area contributed by atoms with Crippen molar-refractivity contribution in [2.75, 3.05) is 6.54 Å². The number of hydrogen-bond donors (Lipinski definition) is 1. The lowest BCUT2D eigenvalue weighted by Crippen LogP contribution is -2.23. The Morgan fingerprint density at radius 3 is 2.00 bits per heavy atom. The van der Waals surface area contributed by atoms with Crippen LogP contribution in [0.4, 0.5) is 0 Å². The van der Waals surface area contributed by atoms with Gasteiger partial charge in [-0.1, -0.05) is 57.2 Å². The lowest BCUT2D eigenvalue weighted by atomic mass is 9.76. The van der Waals surface area contributed by atoms with Crippen molar-refractivity contribution in [3.05, 3.63) is 34.4 Å².